The predicted molar refractivity (Wildman–Crippen MR) is 125 cm³/mol. The Labute approximate surface area is 201 Å². The molecular weight excluding hydrogens is 452 g/mol. The molecule has 0 fully saturated rings. The first-order valence-corrected chi connectivity index (χ1v) is 10.7. The zero-order valence-corrected chi connectivity index (χ0v) is 19.7. The van der Waals surface area contributed by atoms with Crippen LogP contribution in [0.4, 0.5) is 0 Å². The summed E-state index contributed by atoms with van der Waals surface area (Å²) < 4.78 is 27.6. The average molecular weight is 476 g/mol. The molecule has 2 aromatic carbocycles. The number of allylic oxidation sites excluding steroid dienone is 1. The summed E-state index contributed by atoms with van der Waals surface area (Å²) in [5.74, 6) is 0.289. The lowest BCUT2D eigenvalue weighted by atomic mass is 9.82. The fourth-order valence-corrected chi connectivity index (χ4v) is 4.02. The number of nitrogens with zero attached hydrogens (tertiary/aromatic N) is 2. The van der Waals surface area contributed by atoms with Crippen molar-refractivity contribution in [2.24, 2.45) is 5.73 Å². The van der Waals surface area contributed by atoms with Crippen LogP contribution < -0.4 is 29.4 Å². The molecule has 1 aromatic heterocycles. The van der Waals surface area contributed by atoms with Gasteiger partial charge in [-0.25, -0.2) is 0 Å². The van der Waals surface area contributed by atoms with Crippen LogP contribution in [0.1, 0.15) is 30.9 Å². The van der Waals surface area contributed by atoms with E-state index >= 15 is 0 Å². The van der Waals surface area contributed by atoms with Crippen molar-refractivity contribution in [1.82, 2.24) is 10.2 Å². The molecule has 1 unspecified atom stereocenters. The lowest BCUT2D eigenvalue weighted by molar-refractivity contribution is -0.132. The molecule has 35 heavy (non-hydrogen) atoms. The van der Waals surface area contributed by atoms with Gasteiger partial charge in [0.1, 0.15) is 17.4 Å². The van der Waals surface area contributed by atoms with E-state index in [1.54, 1.807) is 12.1 Å². The number of methoxy groups -OCH3 is 2. The number of ether oxygens (including phenoxy) is 5. The molecule has 10 heteroatoms. The van der Waals surface area contributed by atoms with E-state index in [1.165, 1.54) is 21.1 Å². The number of nitriles is 1. The third-order valence-electron chi connectivity index (χ3n) is 5.43. The maximum absolute atomic E-state index is 11.6. The van der Waals surface area contributed by atoms with Crippen molar-refractivity contribution in [3.8, 4) is 46.2 Å². The Morgan fingerprint density at radius 2 is 1.94 bits per heavy atom. The van der Waals surface area contributed by atoms with Crippen molar-refractivity contribution < 1.29 is 28.5 Å². The van der Waals surface area contributed by atoms with Gasteiger partial charge >= 0.3 is 5.97 Å². The van der Waals surface area contributed by atoms with Gasteiger partial charge in [0.05, 0.1) is 38.0 Å². The third-order valence-corrected chi connectivity index (χ3v) is 5.43. The molecule has 0 amide bonds. The summed E-state index contributed by atoms with van der Waals surface area (Å²) >= 11 is 0. The molecular formula is C25H24N4O6. The molecule has 3 aromatic rings. The molecule has 0 saturated heterocycles. The standard InChI is InChI=1S/C25H24N4O6/c1-5-33-16-8-6-7-14(9-16)22-21-20(17(12-26)24(27)35-25(21)29-28-22)15-10-18(31-3)23(34-13(2)30)19(11-15)32-4/h6-11,20H,5,27H2,1-4H3,(H,28,29). The van der Waals surface area contributed by atoms with Crippen LogP contribution in [0.2, 0.25) is 0 Å². The number of hydrogen-bond acceptors (Lipinski definition) is 9. The number of fused-ring (bicyclic) bond motifs is 1. The van der Waals surface area contributed by atoms with Gasteiger partial charge in [0.25, 0.3) is 0 Å². The van der Waals surface area contributed by atoms with Gasteiger partial charge in [-0.2, -0.15) is 5.26 Å². The number of nitrogens with one attached hydrogen (secondary N) is 1. The SMILES string of the molecule is CCOc1cccc(-c2[nH]nc3c2C(c2cc(OC)c(OC(C)=O)c(OC)c2)C(C#N)=C(N)O3)c1. The molecule has 10 nitrogen and oxygen atoms in total. The van der Waals surface area contributed by atoms with Gasteiger partial charge in [0, 0.05) is 12.5 Å². The molecule has 180 valence electrons. The van der Waals surface area contributed by atoms with E-state index in [9.17, 15) is 10.1 Å². The highest BCUT2D eigenvalue weighted by Gasteiger charge is 2.37. The van der Waals surface area contributed by atoms with E-state index in [-0.39, 0.29) is 34.6 Å². The van der Waals surface area contributed by atoms with Crippen molar-refractivity contribution >= 4 is 5.97 Å². The molecule has 0 radical (unpaired) electrons. The Kier molecular flexibility index (Phi) is 6.51. The Morgan fingerprint density at radius 1 is 1.23 bits per heavy atom. The lowest BCUT2D eigenvalue weighted by Crippen LogP contribution is -2.21. The molecule has 0 aliphatic carbocycles. The van der Waals surface area contributed by atoms with Crippen LogP contribution >= 0.6 is 0 Å². The van der Waals surface area contributed by atoms with E-state index < -0.39 is 11.9 Å². The van der Waals surface area contributed by atoms with Crippen molar-refractivity contribution in [2.75, 3.05) is 20.8 Å². The molecule has 4 rings (SSSR count). The zero-order chi connectivity index (χ0) is 25.1. The maximum Gasteiger partial charge on any atom is 0.308 e. The number of carbonyl (C=O) groups is 1. The van der Waals surface area contributed by atoms with Crippen LogP contribution in [0.15, 0.2) is 47.9 Å². The number of aromatic amines is 1. The van der Waals surface area contributed by atoms with E-state index in [2.05, 4.69) is 16.3 Å². The number of aromatic nitrogens is 2. The number of hydrogen-bond donors (Lipinski definition) is 2. The topological polar surface area (TPSA) is 142 Å². The molecule has 0 spiro atoms. The minimum atomic E-state index is -0.678. The van der Waals surface area contributed by atoms with Gasteiger partial charge in [0.15, 0.2) is 11.5 Å². The molecule has 3 N–H and O–H groups in total. The fourth-order valence-electron chi connectivity index (χ4n) is 4.02. The fraction of sp³-hybridized carbons (Fsp3) is 0.240. The summed E-state index contributed by atoms with van der Waals surface area (Å²) in [5.41, 5.74) is 8.92. The summed E-state index contributed by atoms with van der Waals surface area (Å²) in [5, 5.41) is 17.3. The monoisotopic (exact) mass is 476 g/mol. The van der Waals surface area contributed by atoms with Gasteiger partial charge in [-0.1, -0.05) is 12.1 Å². The van der Waals surface area contributed by atoms with E-state index in [4.69, 9.17) is 29.4 Å². The van der Waals surface area contributed by atoms with Crippen molar-refractivity contribution in [1.29, 1.82) is 5.26 Å². The van der Waals surface area contributed by atoms with Gasteiger partial charge in [-0.3, -0.25) is 9.89 Å². The number of nitrogens with two attached hydrogens (primary N) is 1. The molecule has 1 aliphatic heterocycles. The average Bonchev–Trinajstić information content (AvgIpc) is 3.26. The second-order valence-corrected chi connectivity index (χ2v) is 7.55. The third kappa shape index (κ3) is 4.31. The lowest BCUT2D eigenvalue weighted by Gasteiger charge is -2.25. The van der Waals surface area contributed by atoms with Crippen LogP contribution in [0.5, 0.6) is 28.9 Å². The van der Waals surface area contributed by atoms with Crippen molar-refractivity contribution in [3.63, 3.8) is 0 Å². The van der Waals surface area contributed by atoms with Crippen LogP contribution in [-0.4, -0.2) is 37.0 Å². The number of H-pyrrole nitrogens is 1. The summed E-state index contributed by atoms with van der Waals surface area (Å²) in [7, 11) is 2.89. The van der Waals surface area contributed by atoms with Gasteiger partial charge in [-0.15, -0.1) is 5.10 Å². The Balaban J connectivity index is 1.94. The maximum atomic E-state index is 11.6. The number of benzene rings is 2. The first-order valence-electron chi connectivity index (χ1n) is 10.7. The first-order chi connectivity index (χ1) is 16.9. The smallest absolute Gasteiger partial charge is 0.308 e. The summed E-state index contributed by atoms with van der Waals surface area (Å²) in [6.07, 6.45) is 0. The largest absolute Gasteiger partial charge is 0.494 e. The van der Waals surface area contributed by atoms with Crippen LogP contribution in [0, 0.1) is 11.3 Å². The summed E-state index contributed by atoms with van der Waals surface area (Å²) in [4.78, 5) is 11.6. The summed E-state index contributed by atoms with van der Waals surface area (Å²) in [6, 6.07) is 13.0. The van der Waals surface area contributed by atoms with E-state index in [1.807, 2.05) is 31.2 Å². The Morgan fingerprint density at radius 3 is 2.54 bits per heavy atom. The highest BCUT2D eigenvalue weighted by atomic mass is 16.6. The number of esters is 1. The Bertz CT molecular complexity index is 1330. The first kappa shape index (κ1) is 23.5. The Hall–Kier alpha value is -4.65. The number of carbonyl (C=O) groups excluding carboxylic acids is 1. The van der Waals surface area contributed by atoms with Gasteiger partial charge in [-0.05, 0) is 36.8 Å². The minimum absolute atomic E-state index is 0.0619. The van der Waals surface area contributed by atoms with Crippen LogP contribution in [0.3, 0.4) is 0 Å². The second kappa shape index (κ2) is 9.69. The second-order valence-electron chi connectivity index (χ2n) is 7.55. The van der Waals surface area contributed by atoms with E-state index in [0.717, 1.165) is 5.56 Å². The van der Waals surface area contributed by atoms with E-state index in [0.29, 0.717) is 29.2 Å². The quantitative estimate of drug-likeness (QED) is 0.386. The normalized spacial score (nSPS) is 14.4. The predicted octanol–water partition coefficient (Wildman–Crippen LogP) is 3.64. The van der Waals surface area contributed by atoms with Crippen molar-refractivity contribution in [2.45, 2.75) is 19.8 Å². The summed E-state index contributed by atoms with van der Waals surface area (Å²) in [6.45, 7) is 3.70. The van der Waals surface area contributed by atoms with Crippen LogP contribution in [-0.2, 0) is 4.79 Å². The van der Waals surface area contributed by atoms with Gasteiger partial charge < -0.3 is 29.4 Å². The molecule has 1 aliphatic rings. The molecule has 1 atom stereocenters. The molecule has 2 heterocycles. The van der Waals surface area contributed by atoms with Gasteiger partial charge in [0.2, 0.25) is 17.5 Å². The zero-order valence-electron chi connectivity index (χ0n) is 19.7. The molecule has 0 bridgehead atoms. The van der Waals surface area contributed by atoms with Crippen molar-refractivity contribution in [3.05, 3.63) is 59.0 Å². The molecule has 0 saturated carbocycles. The number of rotatable bonds is 7. The highest BCUT2D eigenvalue weighted by Crippen LogP contribution is 2.49. The van der Waals surface area contributed by atoms with Crippen LogP contribution in [0.25, 0.3) is 11.3 Å². The highest BCUT2D eigenvalue weighted by molar-refractivity contribution is 5.74. The minimum Gasteiger partial charge on any atom is -0.494 e.